The molecular weight excluding hydrogens is 568 g/mol. The number of phenolic OH excluding ortho intramolecular Hbond substituents is 3. The molecule has 0 bridgehead atoms. The number of ether oxygens (including phenoxy) is 4. The topological polar surface area (TPSA) is 269 Å². The third-order valence-corrected chi connectivity index (χ3v) is 6.94. The molecular formula is C26H28O16. The smallest absolute Gasteiger partial charge is 0.239 e. The van der Waals surface area contributed by atoms with Crippen molar-refractivity contribution in [3.8, 4) is 40.1 Å². The lowest BCUT2D eigenvalue weighted by molar-refractivity contribution is -0.277. The molecule has 42 heavy (non-hydrogen) atoms. The Labute approximate surface area is 235 Å². The van der Waals surface area contributed by atoms with Crippen molar-refractivity contribution in [1.82, 2.24) is 0 Å². The summed E-state index contributed by atoms with van der Waals surface area (Å²) in [4.78, 5) is 13.8. The second-order valence-electron chi connectivity index (χ2n) is 9.77. The van der Waals surface area contributed by atoms with Crippen molar-refractivity contribution in [1.29, 1.82) is 0 Å². The first-order valence-electron chi connectivity index (χ1n) is 12.6. The Bertz CT molecular complexity index is 1490. The van der Waals surface area contributed by atoms with Gasteiger partial charge in [-0.15, -0.1) is 0 Å². The van der Waals surface area contributed by atoms with Gasteiger partial charge in [-0.2, -0.15) is 0 Å². The molecule has 9 atom stereocenters. The minimum Gasteiger partial charge on any atom is -0.508 e. The number of aliphatic hydroxyl groups excluding tert-OH is 7. The van der Waals surface area contributed by atoms with Gasteiger partial charge in [0, 0.05) is 11.6 Å². The molecule has 10 N–H and O–H groups in total. The Kier molecular flexibility index (Phi) is 8.17. The Morgan fingerprint density at radius 2 is 1.43 bits per heavy atom. The molecule has 2 aromatic carbocycles. The van der Waals surface area contributed by atoms with Gasteiger partial charge in [0.1, 0.15) is 59.6 Å². The summed E-state index contributed by atoms with van der Waals surface area (Å²) in [6.45, 7) is -1.25. The van der Waals surface area contributed by atoms with Gasteiger partial charge in [-0.3, -0.25) is 4.79 Å². The van der Waals surface area contributed by atoms with Gasteiger partial charge < -0.3 is 74.4 Å². The fraction of sp³-hybridized carbons (Fsp3) is 0.423. The fourth-order valence-corrected chi connectivity index (χ4v) is 4.60. The van der Waals surface area contributed by atoms with Crippen LogP contribution >= 0.6 is 0 Å². The third kappa shape index (κ3) is 5.19. The summed E-state index contributed by atoms with van der Waals surface area (Å²) in [5.41, 5.74) is -1.62. The van der Waals surface area contributed by atoms with Crippen LogP contribution in [0.2, 0.25) is 0 Å². The van der Waals surface area contributed by atoms with E-state index in [0.717, 1.165) is 0 Å². The zero-order valence-corrected chi connectivity index (χ0v) is 21.4. The number of hydrogen-bond donors (Lipinski definition) is 10. The maximum absolute atomic E-state index is 13.8. The summed E-state index contributed by atoms with van der Waals surface area (Å²) in [5, 5.41) is 101. The molecule has 3 aromatic rings. The maximum atomic E-state index is 13.8. The average Bonchev–Trinajstić information content (AvgIpc) is 2.96. The van der Waals surface area contributed by atoms with Crippen LogP contribution in [-0.4, -0.2) is 120 Å². The van der Waals surface area contributed by atoms with Crippen LogP contribution in [0.4, 0.5) is 0 Å². The first-order valence-corrected chi connectivity index (χ1v) is 12.6. The number of phenols is 3. The van der Waals surface area contributed by atoms with Crippen molar-refractivity contribution < 1.29 is 74.4 Å². The summed E-state index contributed by atoms with van der Waals surface area (Å²) in [6, 6.07) is 5.77. The molecule has 16 nitrogen and oxygen atoms in total. The van der Waals surface area contributed by atoms with E-state index in [2.05, 4.69) is 0 Å². The minimum absolute atomic E-state index is 0.0765. The second kappa shape index (κ2) is 11.5. The van der Waals surface area contributed by atoms with Gasteiger partial charge in [0.2, 0.25) is 29.5 Å². The number of aromatic hydroxyl groups is 3. The van der Waals surface area contributed by atoms with Crippen LogP contribution in [0.15, 0.2) is 39.5 Å². The monoisotopic (exact) mass is 596 g/mol. The average molecular weight is 596 g/mol. The molecule has 0 spiro atoms. The molecule has 3 heterocycles. The summed E-state index contributed by atoms with van der Waals surface area (Å²) < 4.78 is 27.6. The first-order chi connectivity index (χ1) is 19.9. The van der Waals surface area contributed by atoms with Gasteiger partial charge >= 0.3 is 0 Å². The Hall–Kier alpha value is -3.71. The highest BCUT2D eigenvalue weighted by molar-refractivity contribution is 5.93. The van der Waals surface area contributed by atoms with Gasteiger partial charge in [-0.05, 0) is 24.3 Å². The van der Waals surface area contributed by atoms with Crippen molar-refractivity contribution in [3.63, 3.8) is 0 Å². The number of aliphatic hydroxyl groups is 7. The molecule has 0 radical (unpaired) electrons. The SMILES string of the molecule is O=c1c(O[C@H]2O[C@H](CO)[C@@H](O)[C@@H](O)[C@H]2O)c(-c2ccc(O)cc2)oc2c(O[C@H]3OC[C@H](O)[C@@H](O)[C@H]3O)c(O)cc(O)c12. The predicted molar refractivity (Wildman–Crippen MR) is 136 cm³/mol. The summed E-state index contributed by atoms with van der Waals surface area (Å²) >= 11 is 0. The van der Waals surface area contributed by atoms with Crippen LogP contribution in [0.25, 0.3) is 22.3 Å². The largest absolute Gasteiger partial charge is 0.508 e. The molecule has 5 rings (SSSR count). The van der Waals surface area contributed by atoms with Gasteiger partial charge in [-0.1, -0.05) is 0 Å². The van der Waals surface area contributed by atoms with Gasteiger partial charge in [0.05, 0.1) is 13.2 Å². The normalized spacial score (nSPS) is 31.6. The molecule has 2 fully saturated rings. The molecule has 2 aliphatic heterocycles. The lowest BCUT2D eigenvalue weighted by Crippen LogP contribution is -2.60. The lowest BCUT2D eigenvalue weighted by Gasteiger charge is -2.39. The van der Waals surface area contributed by atoms with Crippen molar-refractivity contribution in [2.45, 2.75) is 55.3 Å². The molecule has 16 heteroatoms. The highest BCUT2D eigenvalue weighted by Crippen LogP contribution is 2.44. The van der Waals surface area contributed by atoms with E-state index in [-0.39, 0.29) is 11.3 Å². The first kappa shape index (κ1) is 29.8. The van der Waals surface area contributed by atoms with Crippen molar-refractivity contribution in [2.75, 3.05) is 13.2 Å². The quantitative estimate of drug-likeness (QED) is 0.142. The number of fused-ring (bicyclic) bond motifs is 1. The van der Waals surface area contributed by atoms with E-state index in [0.29, 0.717) is 6.07 Å². The van der Waals surface area contributed by atoms with Crippen LogP contribution < -0.4 is 14.9 Å². The predicted octanol–water partition coefficient (Wildman–Crippen LogP) is -2.43. The summed E-state index contributed by atoms with van der Waals surface area (Å²) in [5.74, 6) is -3.50. The fourth-order valence-electron chi connectivity index (χ4n) is 4.60. The zero-order valence-electron chi connectivity index (χ0n) is 21.4. The maximum Gasteiger partial charge on any atom is 0.239 e. The van der Waals surface area contributed by atoms with Crippen LogP contribution in [0.1, 0.15) is 0 Å². The van der Waals surface area contributed by atoms with E-state index in [1.807, 2.05) is 0 Å². The molecule has 0 unspecified atom stereocenters. The van der Waals surface area contributed by atoms with E-state index in [1.54, 1.807) is 0 Å². The molecule has 228 valence electrons. The van der Waals surface area contributed by atoms with Gasteiger partial charge in [0.25, 0.3) is 0 Å². The van der Waals surface area contributed by atoms with E-state index >= 15 is 0 Å². The van der Waals surface area contributed by atoms with E-state index in [1.165, 1.54) is 24.3 Å². The van der Waals surface area contributed by atoms with Crippen molar-refractivity contribution in [2.24, 2.45) is 0 Å². The molecule has 0 aliphatic carbocycles. The van der Waals surface area contributed by atoms with Crippen LogP contribution in [0.3, 0.4) is 0 Å². The van der Waals surface area contributed by atoms with Crippen LogP contribution in [0.5, 0.6) is 28.7 Å². The molecule has 0 saturated carbocycles. The van der Waals surface area contributed by atoms with Crippen molar-refractivity contribution >= 4 is 11.0 Å². The van der Waals surface area contributed by atoms with Crippen molar-refractivity contribution in [3.05, 3.63) is 40.6 Å². The molecule has 2 saturated heterocycles. The van der Waals surface area contributed by atoms with Gasteiger partial charge in [-0.25, -0.2) is 0 Å². The van der Waals surface area contributed by atoms with E-state index < -0.39 is 114 Å². The molecule has 1 aromatic heterocycles. The second-order valence-corrected chi connectivity index (χ2v) is 9.77. The van der Waals surface area contributed by atoms with E-state index in [9.17, 15) is 55.9 Å². The third-order valence-electron chi connectivity index (χ3n) is 6.94. The van der Waals surface area contributed by atoms with Gasteiger partial charge in [0.15, 0.2) is 17.1 Å². The highest BCUT2D eigenvalue weighted by atomic mass is 16.7. The molecule has 0 amide bonds. The standard InChI is InChI=1S/C26H28O16/c27-6-13-16(33)18(35)20(37)26(39-13)42-24-17(34)14-10(29)5-11(30)22(41-25-19(36)15(32)12(31)7-38-25)23(14)40-21(24)8-1-3-9(28)4-2-8/h1-5,12-13,15-16,18-20,25-33,35-37H,6-7H2/t12-,13+,15+,16+,18+,19+,20+,25+,26+/m0/s1. The summed E-state index contributed by atoms with van der Waals surface area (Å²) in [7, 11) is 0. The van der Waals surface area contributed by atoms with Crippen LogP contribution in [0, 0.1) is 0 Å². The molecule has 2 aliphatic rings. The Morgan fingerprint density at radius 1 is 0.786 bits per heavy atom. The highest BCUT2D eigenvalue weighted by Gasteiger charge is 2.46. The van der Waals surface area contributed by atoms with Crippen LogP contribution in [-0.2, 0) is 9.47 Å². The van der Waals surface area contributed by atoms with E-state index in [4.69, 9.17) is 23.4 Å². The zero-order chi connectivity index (χ0) is 30.5. The number of benzene rings is 2. The number of rotatable bonds is 6. The number of hydrogen-bond acceptors (Lipinski definition) is 16. The minimum atomic E-state index is -1.93. The lowest BCUT2D eigenvalue weighted by atomic mass is 9.99. The summed E-state index contributed by atoms with van der Waals surface area (Å²) in [6.07, 6.45) is -15.3. The Balaban J connectivity index is 1.67. The Morgan fingerprint density at radius 3 is 2.10 bits per heavy atom.